The van der Waals surface area contributed by atoms with Gasteiger partial charge in [-0.25, -0.2) is 0 Å². The summed E-state index contributed by atoms with van der Waals surface area (Å²) in [7, 11) is 0. The van der Waals surface area contributed by atoms with Gasteiger partial charge in [0.2, 0.25) is 0 Å². The van der Waals surface area contributed by atoms with Gasteiger partial charge in [0.1, 0.15) is 5.76 Å². The Hall–Kier alpha value is -1.77. The van der Waals surface area contributed by atoms with E-state index in [1.165, 1.54) is 5.56 Å². The van der Waals surface area contributed by atoms with Crippen LogP contribution in [0.15, 0.2) is 41.3 Å². The van der Waals surface area contributed by atoms with Crippen LogP contribution in [0.4, 0.5) is 0 Å². The molecule has 0 unspecified atom stereocenters. The Balaban J connectivity index is 2.85. The molecule has 1 aromatic rings. The van der Waals surface area contributed by atoms with E-state index in [2.05, 4.69) is 38.1 Å². The fourth-order valence-corrected chi connectivity index (χ4v) is 1.37. The minimum atomic E-state index is 0.141. The molecule has 1 rings (SSSR count). The van der Waals surface area contributed by atoms with Crippen molar-refractivity contribution in [3.63, 3.8) is 0 Å². The van der Waals surface area contributed by atoms with Crippen LogP contribution in [0.5, 0.6) is 0 Å². The normalized spacial score (nSPS) is 13.6. The van der Waals surface area contributed by atoms with Crippen molar-refractivity contribution in [3.05, 3.63) is 47.2 Å². The third kappa shape index (κ3) is 3.91. The molecule has 3 heteroatoms. The van der Waals surface area contributed by atoms with Gasteiger partial charge < -0.3 is 10.6 Å². The average Bonchev–Trinajstić information content (AvgIpc) is 2.34. The first kappa shape index (κ1) is 14.3. The molecule has 3 nitrogen and oxygen atoms in total. The first-order chi connectivity index (χ1) is 8.34. The lowest BCUT2D eigenvalue weighted by Gasteiger charge is -2.18. The molecule has 0 amide bonds. The first-order valence-electron chi connectivity index (χ1n) is 6.09. The summed E-state index contributed by atoms with van der Waals surface area (Å²) in [5.74, 6) is 1.11. The second-order valence-corrected chi connectivity index (χ2v) is 5.29. The number of amidine groups is 1. The van der Waals surface area contributed by atoms with Crippen molar-refractivity contribution >= 4 is 5.84 Å². The summed E-state index contributed by atoms with van der Waals surface area (Å²) in [6.45, 7) is 10.3. The van der Waals surface area contributed by atoms with E-state index in [9.17, 15) is 0 Å². The van der Waals surface area contributed by atoms with Gasteiger partial charge in [-0.3, -0.25) is 0 Å². The summed E-state index contributed by atoms with van der Waals surface area (Å²) in [4.78, 5) is 5.13. The highest BCUT2D eigenvalue weighted by Gasteiger charge is 2.13. The topological polar surface area (TPSA) is 47.6 Å². The van der Waals surface area contributed by atoms with Crippen LogP contribution in [0.1, 0.15) is 45.7 Å². The number of allylic oxidation sites excluding steroid dienone is 2. The monoisotopic (exact) mass is 246 g/mol. The Kier molecular flexibility index (Phi) is 4.54. The van der Waals surface area contributed by atoms with Gasteiger partial charge in [-0.05, 0) is 30.9 Å². The number of nitrogens with zero attached hydrogens (tertiary/aromatic N) is 1. The van der Waals surface area contributed by atoms with E-state index < -0.39 is 0 Å². The molecule has 0 bridgehead atoms. The third-order valence-corrected chi connectivity index (χ3v) is 2.74. The maximum Gasteiger partial charge on any atom is 0.170 e. The first-order valence-corrected chi connectivity index (χ1v) is 6.09. The predicted molar refractivity (Wildman–Crippen MR) is 76.4 cm³/mol. The van der Waals surface area contributed by atoms with Gasteiger partial charge in [-0.2, -0.15) is 0 Å². The molecular weight excluding hydrogens is 224 g/mol. The summed E-state index contributed by atoms with van der Waals surface area (Å²) < 4.78 is 0. The van der Waals surface area contributed by atoms with Gasteiger partial charge in [0, 0.05) is 5.56 Å². The molecule has 0 spiro atoms. The molecule has 0 saturated heterocycles. The van der Waals surface area contributed by atoms with Gasteiger partial charge in [0.15, 0.2) is 5.84 Å². The summed E-state index contributed by atoms with van der Waals surface area (Å²) >= 11 is 0. The Labute approximate surface area is 109 Å². The van der Waals surface area contributed by atoms with Crippen LogP contribution in [-0.2, 0) is 10.3 Å². The molecule has 0 aliphatic carbocycles. The zero-order chi connectivity index (χ0) is 13.8. The molecule has 0 radical (unpaired) electrons. The van der Waals surface area contributed by atoms with Crippen molar-refractivity contribution < 1.29 is 4.84 Å². The molecule has 0 aliphatic heterocycles. The van der Waals surface area contributed by atoms with Gasteiger partial charge in [0.05, 0.1) is 0 Å². The van der Waals surface area contributed by atoms with Crippen LogP contribution in [0.2, 0.25) is 0 Å². The highest BCUT2D eigenvalue weighted by Crippen LogP contribution is 2.22. The van der Waals surface area contributed by atoms with Crippen molar-refractivity contribution in [1.29, 1.82) is 0 Å². The van der Waals surface area contributed by atoms with Gasteiger partial charge in [-0.1, -0.05) is 50.2 Å². The molecule has 0 fully saturated rings. The quantitative estimate of drug-likeness (QED) is 0.384. The van der Waals surface area contributed by atoms with Crippen LogP contribution in [-0.4, -0.2) is 5.84 Å². The number of hydrogen-bond donors (Lipinski definition) is 1. The number of hydrogen-bond acceptors (Lipinski definition) is 2. The summed E-state index contributed by atoms with van der Waals surface area (Å²) in [6, 6.07) is 8.07. The van der Waals surface area contributed by atoms with E-state index >= 15 is 0 Å². The van der Waals surface area contributed by atoms with Crippen LogP contribution < -0.4 is 5.73 Å². The van der Waals surface area contributed by atoms with E-state index in [0.717, 1.165) is 11.3 Å². The second-order valence-electron chi connectivity index (χ2n) is 5.29. The zero-order valence-corrected chi connectivity index (χ0v) is 11.8. The highest BCUT2D eigenvalue weighted by molar-refractivity contribution is 5.97. The van der Waals surface area contributed by atoms with E-state index in [4.69, 9.17) is 10.6 Å². The molecule has 0 aliphatic rings. The highest BCUT2D eigenvalue weighted by atomic mass is 16.6. The number of benzene rings is 1. The Bertz CT molecular complexity index is 450. The molecule has 18 heavy (non-hydrogen) atoms. The van der Waals surface area contributed by atoms with E-state index in [1.54, 1.807) is 0 Å². The number of rotatable bonds is 3. The molecular formula is C15H22N2O. The van der Waals surface area contributed by atoms with E-state index in [-0.39, 0.29) is 5.41 Å². The molecule has 98 valence electrons. The second kappa shape index (κ2) is 5.71. The molecule has 2 N–H and O–H groups in total. The summed E-state index contributed by atoms with van der Waals surface area (Å²) in [5.41, 5.74) is 8.13. The van der Waals surface area contributed by atoms with Crippen molar-refractivity contribution in [2.75, 3.05) is 0 Å². The van der Waals surface area contributed by atoms with Crippen LogP contribution >= 0.6 is 0 Å². The van der Waals surface area contributed by atoms with Crippen LogP contribution in [0.3, 0.4) is 0 Å². The smallest absolute Gasteiger partial charge is 0.170 e. The minimum absolute atomic E-state index is 0.141. The summed E-state index contributed by atoms with van der Waals surface area (Å²) in [6.07, 6.45) is 1.83. The lowest BCUT2D eigenvalue weighted by molar-refractivity contribution is 0.229. The van der Waals surface area contributed by atoms with Gasteiger partial charge in [0.25, 0.3) is 0 Å². The van der Waals surface area contributed by atoms with Gasteiger partial charge in [-0.15, -0.1) is 0 Å². The number of oxime groups is 1. The Morgan fingerprint density at radius 2 is 1.78 bits per heavy atom. The van der Waals surface area contributed by atoms with Crippen LogP contribution in [0, 0.1) is 0 Å². The SMILES string of the molecule is C/C=C(/C)O/N=C(\N)c1ccc(C(C)(C)C)cc1. The molecule has 0 saturated carbocycles. The fraction of sp³-hybridized carbons (Fsp3) is 0.400. The fourth-order valence-electron chi connectivity index (χ4n) is 1.37. The van der Waals surface area contributed by atoms with Crippen molar-refractivity contribution in [2.45, 2.75) is 40.0 Å². The molecule has 0 aromatic heterocycles. The predicted octanol–water partition coefficient (Wildman–Crippen LogP) is 3.54. The zero-order valence-electron chi connectivity index (χ0n) is 11.8. The van der Waals surface area contributed by atoms with Gasteiger partial charge >= 0.3 is 0 Å². The molecule has 0 heterocycles. The molecule has 0 atom stereocenters. The van der Waals surface area contributed by atoms with Crippen molar-refractivity contribution in [2.24, 2.45) is 10.9 Å². The lowest BCUT2D eigenvalue weighted by atomic mass is 9.87. The maximum atomic E-state index is 5.85. The maximum absolute atomic E-state index is 5.85. The van der Waals surface area contributed by atoms with Crippen molar-refractivity contribution in [3.8, 4) is 0 Å². The Morgan fingerprint density at radius 3 is 2.22 bits per heavy atom. The van der Waals surface area contributed by atoms with Crippen molar-refractivity contribution in [1.82, 2.24) is 0 Å². The number of nitrogens with two attached hydrogens (primary N) is 1. The van der Waals surface area contributed by atoms with E-state index in [0.29, 0.717) is 5.84 Å². The summed E-state index contributed by atoms with van der Waals surface area (Å²) in [5, 5.41) is 3.88. The Morgan fingerprint density at radius 1 is 1.22 bits per heavy atom. The largest absolute Gasteiger partial charge is 0.380 e. The van der Waals surface area contributed by atoms with E-state index in [1.807, 2.05) is 32.1 Å². The average molecular weight is 246 g/mol. The minimum Gasteiger partial charge on any atom is -0.380 e. The lowest BCUT2D eigenvalue weighted by Crippen LogP contribution is -2.15. The van der Waals surface area contributed by atoms with Crippen LogP contribution in [0.25, 0.3) is 0 Å². The molecule has 1 aromatic carbocycles. The standard InChI is InChI=1S/C15H22N2O/c1-6-11(2)18-17-14(16)12-7-9-13(10-8-12)15(3,4)5/h6-10H,1-5H3,(H2,16,17)/b11-6-. The third-order valence-electron chi connectivity index (χ3n) is 2.74.